The Morgan fingerprint density at radius 3 is 2.57 bits per heavy atom. The van der Waals surface area contributed by atoms with Crippen molar-refractivity contribution in [1.29, 1.82) is 0 Å². The summed E-state index contributed by atoms with van der Waals surface area (Å²) < 4.78 is 2.04. The molecule has 1 aromatic heterocycles. The summed E-state index contributed by atoms with van der Waals surface area (Å²) in [6.07, 6.45) is 5.79. The van der Waals surface area contributed by atoms with Crippen molar-refractivity contribution in [2.45, 2.75) is 11.4 Å². The molecule has 1 heterocycles. The van der Waals surface area contributed by atoms with Crippen LogP contribution in [0.25, 0.3) is 11.4 Å². The van der Waals surface area contributed by atoms with E-state index in [9.17, 15) is 5.11 Å². The van der Waals surface area contributed by atoms with Crippen LogP contribution in [0.1, 0.15) is 5.56 Å². The summed E-state index contributed by atoms with van der Waals surface area (Å²) in [7, 11) is 0. The van der Waals surface area contributed by atoms with Gasteiger partial charge in [-0.2, -0.15) is 0 Å². The summed E-state index contributed by atoms with van der Waals surface area (Å²) in [4.78, 5) is 5.68. The molecule has 0 aliphatic carbocycles. The molecule has 0 aliphatic heterocycles. The molecule has 0 saturated carbocycles. The molecular formula is C17H16N2OS. The van der Waals surface area contributed by atoms with Crippen molar-refractivity contribution in [2.75, 3.05) is 6.26 Å². The Labute approximate surface area is 128 Å². The Kier molecular flexibility index (Phi) is 3.97. The highest BCUT2D eigenvalue weighted by Crippen LogP contribution is 2.24. The average molecular weight is 296 g/mol. The summed E-state index contributed by atoms with van der Waals surface area (Å²) in [5.41, 5.74) is 1.96. The third kappa shape index (κ3) is 2.95. The van der Waals surface area contributed by atoms with E-state index in [1.54, 1.807) is 24.0 Å². The van der Waals surface area contributed by atoms with Crippen LogP contribution in [0.4, 0.5) is 0 Å². The first-order valence-electron chi connectivity index (χ1n) is 6.70. The molecule has 1 N–H and O–H groups in total. The summed E-state index contributed by atoms with van der Waals surface area (Å²) in [5.74, 6) is 1.22. The summed E-state index contributed by atoms with van der Waals surface area (Å²) in [5, 5.41) is 9.90. The Morgan fingerprint density at radius 1 is 1.10 bits per heavy atom. The van der Waals surface area contributed by atoms with Gasteiger partial charge in [-0.15, -0.1) is 11.8 Å². The zero-order valence-electron chi connectivity index (χ0n) is 11.7. The van der Waals surface area contributed by atoms with E-state index >= 15 is 0 Å². The van der Waals surface area contributed by atoms with Gasteiger partial charge in [-0.25, -0.2) is 4.98 Å². The van der Waals surface area contributed by atoms with Crippen LogP contribution < -0.4 is 0 Å². The minimum absolute atomic E-state index is 0.315. The van der Waals surface area contributed by atoms with Crippen molar-refractivity contribution in [3.8, 4) is 17.1 Å². The van der Waals surface area contributed by atoms with Crippen LogP contribution in [0.3, 0.4) is 0 Å². The molecule has 4 heteroatoms. The second-order valence-electron chi connectivity index (χ2n) is 4.74. The lowest BCUT2D eigenvalue weighted by molar-refractivity contribution is 0.466. The van der Waals surface area contributed by atoms with E-state index in [0.29, 0.717) is 12.3 Å². The van der Waals surface area contributed by atoms with Gasteiger partial charge in [0.05, 0.1) is 6.54 Å². The summed E-state index contributed by atoms with van der Waals surface area (Å²) in [6, 6.07) is 15.7. The molecule has 0 radical (unpaired) electrons. The first kappa shape index (κ1) is 13.8. The first-order valence-corrected chi connectivity index (χ1v) is 7.93. The van der Waals surface area contributed by atoms with Crippen molar-refractivity contribution in [3.63, 3.8) is 0 Å². The minimum atomic E-state index is 0.315. The van der Waals surface area contributed by atoms with Gasteiger partial charge in [0.1, 0.15) is 11.6 Å². The molecule has 3 aromatic rings. The molecule has 0 aliphatic rings. The molecular weight excluding hydrogens is 280 g/mol. The largest absolute Gasteiger partial charge is 0.508 e. The Hall–Kier alpha value is -2.20. The molecule has 0 saturated heterocycles. The van der Waals surface area contributed by atoms with Crippen molar-refractivity contribution < 1.29 is 5.11 Å². The Bertz CT molecular complexity index is 735. The first-order chi connectivity index (χ1) is 10.3. The minimum Gasteiger partial charge on any atom is -0.508 e. The predicted octanol–water partition coefficient (Wildman–Crippen LogP) is 4.03. The lowest BCUT2D eigenvalue weighted by atomic mass is 10.2. The van der Waals surface area contributed by atoms with Gasteiger partial charge >= 0.3 is 0 Å². The van der Waals surface area contributed by atoms with Crippen molar-refractivity contribution in [1.82, 2.24) is 9.55 Å². The van der Waals surface area contributed by atoms with Crippen LogP contribution in [-0.4, -0.2) is 20.9 Å². The molecule has 0 unspecified atom stereocenters. The fourth-order valence-electron chi connectivity index (χ4n) is 2.27. The number of benzene rings is 2. The van der Waals surface area contributed by atoms with Crippen molar-refractivity contribution in [2.24, 2.45) is 0 Å². The lowest BCUT2D eigenvalue weighted by Gasteiger charge is -2.09. The smallest absolute Gasteiger partial charge is 0.140 e. The molecule has 0 amide bonds. The highest BCUT2D eigenvalue weighted by molar-refractivity contribution is 7.98. The molecule has 3 rings (SSSR count). The van der Waals surface area contributed by atoms with Crippen LogP contribution >= 0.6 is 11.8 Å². The number of aromatic nitrogens is 2. The molecule has 21 heavy (non-hydrogen) atoms. The van der Waals surface area contributed by atoms with Crippen LogP contribution in [0.5, 0.6) is 5.75 Å². The molecule has 0 fully saturated rings. The van der Waals surface area contributed by atoms with Crippen LogP contribution in [0, 0.1) is 0 Å². The standard InChI is InChI=1S/C17H16N2OS/c1-21-15-8-6-13(7-9-15)17-18-10-11-19(17)12-14-4-2-3-5-16(14)20/h2-11,20H,12H2,1H3. The molecule has 0 atom stereocenters. The number of thioether (sulfide) groups is 1. The molecule has 3 nitrogen and oxygen atoms in total. The number of phenols is 1. The third-order valence-corrected chi connectivity index (χ3v) is 4.14. The van der Waals surface area contributed by atoms with E-state index in [1.165, 1.54) is 4.90 Å². The van der Waals surface area contributed by atoms with Gasteiger partial charge in [-0.1, -0.05) is 30.3 Å². The summed E-state index contributed by atoms with van der Waals surface area (Å²) >= 11 is 1.72. The average Bonchev–Trinajstić information content (AvgIpc) is 2.98. The van der Waals surface area contributed by atoms with Gasteiger partial charge in [0.15, 0.2) is 0 Å². The number of hydrogen-bond acceptors (Lipinski definition) is 3. The van der Waals surface area contributed by atoms with Crippen molar-refractivity contribution >= 4 is 11.8 Å². The quantitative estimate of drug-likeness (QED) is 0.739. The van der Waals surface area contributed by atoms with Gasteiger partial charge in [0, 0.05) is 28.4 Å². The molecule has 106 valence electrons. The van der Waals surface area contributed by atoms with E-state index in [-0.39, 0.29) is 0 Å². The number of phenolic OH excluding ortho intramolecular Hbond substituents is 1. The SMILES string of the molecule is CSc1ccc(-c2nccn2Cc2ccccc2O)cc1. The number of hydrogen-bond donors (Lipinski definition) is 1. The maximum Gasteiger partial charge on any atom is 0.140 e. The number of rotatable bonds is 4. The van der Waals surface area contributed by atoms with Gasteiger partial charge in [-0.05, 0) is 24.5 Å². The number of aromatic hydroxyl groups is 1. The number of para-hydroxylation sites is 1. The molecule has 0 spiro atoms. The van der Waals surface area contributed by atoms with E-state index in [2.05, 4.69) is 35.5 Å². The Balaban J connectivity index is 1.91. The second-order valence-corrected chi connectivity index (χ2v) is 5.62. The summed E-state index contributed by atoms with van der Waals surface area (Å²) in [6.45, 7) is 0.603. The Morgan fingerprint density at radius 2 is 1.86 bits per heavy atom. The van der Waals surface area contributed by atoms with Gasteiger partial charge in [0.25, 0.3) is 0 Å². The van der Waals surface area contributed by atoms with E-state index in [0.717, 1.165) is 17.0 Å². The highest BCUT2D eigenvalue weighted by Gasteiger charge is 2.08. The van der Waals surface area contributed by atoms with Crippen LogP contribution in [-0.2, 0) is 6.54 Å². The van der Waals surface area contributed by atoms with E-state index in [4.69, 9.17) is 0 Å². The van der Waals surface area contributed by atoms with E-state index < -0.39 is 0 Å². The van der Waals surface area contributed by atoms with E-state index in [1.807, 2.05) is 29.0 Å². The second kappa shape index (κ2) is 6.06. The van der Waals surface area contributed by atoms with Gasteiger partial charge in [-0.3, -0.25) is 0 Å². The van der Waals surface area contributed by atoms with Gasteiger partial charge < -0.3 is 9.67 Å². The van der Waals surface area contributed by atoms with Crippen molar-refractivity contribution in [3.05, 3.63) is 66.5 Å². The third-order valence-electron chi connectivity index (χ3n) is 3.40. The monoisotopic (exact) mass is 296 g/mol. The molecule has 0 bridgehead atoms. The topological polar surface area (TPSA) is 38.0 Å². The normalized spacial score (nSPS) is 10.7. The number of imidazole rings is 1. The lowest BCUT2D eigenvalue weighted by Crippen LogP contribution is -2.01. The maximum absolute atomic E-state index is 9.90. The van der Waals surface area contributed by atoms with Crippen LogP contribution in [0.2, 0.25) is 0 Å². The fraction of sp³-hybridized carbons (Fsp3) is 0.118. The van der Waals surface area contributed by atoms with Crippen LogP contribution in [0.15, 0.2) is 65.8 Å². The number of nitrogens with zero attached hydrogens (tertiary/aromatic N) is 2. The zero-order valence-corrected chi connectivity index (χ0v) is 12.5. The molecule has 2 aromatic carbocycles. The van der Waals surface area contributed by atoms with Gasteiger partial charge in [0.2, 0.25) is 0 Å². The predicted molar refractivity (Wildman–Crippen MR) is 86.7 cm³/mol. The highest BCUT2D eigenvalue weighted by atomic mass is 32.2. The zero-order chi connectivity index (χ0) is 14.7. The maximum atomic E-state index is 9.90. The fourth-order valence-corrected chi connectivity index (χ4v) is 2.67.